The van der Waals surface area contributed by atoms with Gasteiger partial charge in [-0.15, -0.1) is 0 Å². The number of carbonyl (C=O) groups excluding carboxylic acids is 1. The van der Waals surface area contributed by atoms with Crippen molar-refractivity contribution in [2.45, 2.75) is 12.8 Å². The molecule has 0 saturated carbocycles. The number of pyridine rings is 1. The molecule has 0 bridgehead atoms. The molecule has 1 aliphatic heterocycles. The van der Waals surface area contributed by atoms with E-state index in [0.29, 0.717) is 18.0 Å². The monoisotopic (exact) mass is 365 g/mol. The van der Waals surface area contributed by atoms with Crippen molar-refractivity contribution in [3.63, 3.8) is 0 Å². The number of amides is 1. The van der Waals surface area contributed by atoms with E-state index < -0.39 is 0 Å². The number of aromatic nitrogens is 3. The first-order chi connectivity index (χ1) is 11.6. The number of anilines is 1. The molecule has 3 heterocycles. The molecule has 6 nitrogen and oxygen atoms in total. The molecule has 0 radical (unpaired) electrons. The molecule has 1 aliphatic rings. The molecule has 1 saturated heterocycles. The van der Waals surface area contributed by atoms with E-state index in [0.717, 1.165) is 31.9 Å². The lowest BCUT2D eigenvalue weighted by atomic mass is 9.97. The first kappa shape index (κ1) is 16.9. The Morgan fingerprint density at radius 1 is 1.17 bits per heavy atom. The third-order valence-electron chi connectivity index (χ3n) is 4.03. The highest BCUT2D eigenvalue weighted by atomic mass is 35.5. The van der Waals surface area contributed by atoms with E-state index in [4.69, 9.17) is 23.2 Å². The topological polar surface area (TPSA) is 71.0 Å². The molecule has 126 valence electrons. The van der Waals surface area contributed by atoms with Gasteiger partial charge in [-0.1, -0.05) is 23.2 Å². The first-order valence-electron chi connectivity index (χ1n) is 7.75. The Morgan fingerprint density at radius 3 is 2.42 bits per heavy atom. The summed E-state index contributed by atoms with van der Waals surface area (Å²) in [4.78, 5) is 26.7. The van der Waals surface area contributed by atoms with Gasteiger partial charge in [-0.2, -0.15) is 0 Å². The van der Waals surface area contributed by atoms with Crippen LogP contribution in [0.5, 0.6) is 0 Å². The third kappa shape index (κ3) is 4.33. The van der Waals surface area contributed by atoms with Crippen molar-refractivity contribution >= 4 is 35.1 Å². The van der Waals surface area contributed by atoms with Crippen LogP contribution in [-0.2, 0) is 0 Å². The second-order valence-electron chi connectivity index (χ2n) is 5.69. The normalized spacial score (nSPS) is 15.3. The number of piperidine rings is 1. The van der Waals surface area contributed by atoms with E-state index in [9.17, 15) is 4.79 Å². The van der Waals surface area contributed by atoms with Crippen LogP contribution in [0.15, 0.2) is 30.6 Å². The van der Waals surface area contributed by atoms with Gasteiger partial charge < -0.3 is 10.2 Å². The summed E-state index contributed by atoms with van der Waals surface area (Å²) in [5, 5.41) is 3.37. The van der Waals surface area contributed by atoms with Crippen LogP contribution >= 0.6 is 23.2 Å². The van der Waals surface area contributed by atoms with E-state index >= 15 is 0 Å². The summed E-state index contributed by atoms with van der Waals surface area (Å²) in [7, 11) is 0. The standard InChI is InChI=1S/C16H17Cl2N5O/c17-13-8-12(9-14(18)22-13)15(24)21-10-11-2-6-23(7-3-11)16-19-4-1-5-20-16/h1,4-5,8-9,11H,2-3,6-7,10H2,(H,21,24). The lowest BCUT2D eigenvalue weighted by Gasteiger charge is -2.31. The second-order valence-corrected chi connectivity index (χ2v) is 6.47. The Balaban J connectivity index is 1.49. The quantitative estimate of drug-likeness (QED) is 0.843. The number of nitrogens with zero attached hydrogens (tertiary/aromatic N) is 4. The van der Waals surface area contributed by atoms with Gasteiger partial charge in [0.25, 0.3) is 5.91 Å². The van der Waals surface area contributed by atoms with Crippen LogP contribution < -0.4 is 10.2 Å². The highest BCUT2D eigenvalue weighted by Gasteiger charge is 2.21. The van der Waals surface area contributed by atoms with Crippen molar-refractivity contribution < 1.29 is 4.79 Å². The molecule has 1 amide bonds. The summed E-state index contributed by atoms with van der Waals surface area (Å²) < 4.78 is 0. The molecule has 24 heavy (non-hydrogen) atoms. The smallest absolute Gasteiger partial charge is 0.251 e. The maximum absolute atomic E-state index is 12.2. The Labute approximate surface area is 150 Å². The molecule has 8 heteroatoms. The fourth-order valence-electron chi connectivity index (χ4n) is 2.73. The van der Waals surface area contributed by atoms with Gasteiger partial charge in [-0.05, 0) is 37.0 Å². The minimum Gasteiger partial charge on any atom is -0.352 e. The molecule has 1 N–H and O–H groups in total. The van der Waals surface area contributed by atoms with Crippen molar-refractivity contribution in [3.05, 3.63) is 46.5 Å². The first-order valence-corrected chi connectivity index (χ1v) is 8.50. The van der Waals surface area contributed by atoms with Crippen LogP contribution in [0.25, 0.3) is 0 Å². The molecule has 0 atom stereocenters. The molecule has 0 aromatic carbocycles. The summed E-state index contributed by atoms with van der Waals surface area (Å²) in [5.74, 6) is 1.01. The van der Waals surface area contributed by atoms with Gasteiger partial charge in [-0.3, -0.25) is 4.79 Å². The van der Waals surface area contributed by atoms with Gasteiger partial charge in [0.2, 0.25) is 5.95 Å². The van der Waals surface area contributed by atoms with Gasteiger partial charge in [-0.25, -0.2) is 15.0 Å². The maximum atomic E-state index is 12.2. The SMILES string of the molecule is O=C(NCC1CCN(c2ncccn2)CC1)c1cc(Cl)nc(Cl)c1. The maximum Gasteiger partial charge on any atom is 0.251 e. The molecule has 2 aromatic rings. The van der Waals surface area contributed by atoms with Gasteiger partial charge in [0.1, 0.15) is 10.3 Å². The van der Waals surface area contributed by atoms with Crippen molar-refractivity contribution in [2.75, 3.05) is 24.5 Å². The molecular weight excluding hydrogens is 349 g/mol. The summed E-state index contributed by atoms with van der Waals surface area (Å²) in [6, 6.07) is 4.83. The van der Waals surface area contributed by atoms with Crippen LogP contribution in [0, 0.1) is 5.92 Å². The molecule has 0 unspecified atom stereocenters. The number of hydrogen-bond acceptors (Lipinski definition) is 5. The van der Waals surface area contributed by atoms with E-state index in [1.807, 2.05) is 6.07 Å². The fraction of sp³-hybridized carbons (Fsp3) is 0.375. The average Bonchev–Trinajstić information content (AvgIpc) is 2.60. The van der Waals surface area contributed by atoms with Gasteiger partial charge >= 0.3 is 0 Å². The van der Waals surface area contributed by atoms with Crippen molar-refractivity contribution in [1.29, 1.82) is 0 Å². The third-order valence-corrected chi connectivity index (χ3v) is 4.41. The summed E-state index contributed by atoms with van der Waals surface area (Å²) in [6.07, 6.45) is 5.46. The summed E-state index contributed by atoms with van der Waals surface area (Å²) >= 11 is 11.6. The fourth-order valence-corrected chi connectivity index (χ4v) is 3.19. The number of halogens is 2. The minimum absolute atomic E-state index is 0.185. The average molecular weight is 366 g/mol. The predicted octanol–water partition coefficient (Wildman–Crippen LogP) is 2.82. The number of rotatable bonds is 4. The predicted molar refractivity (Wildman–Crippen MR) is 93.6 cm³/mol. The molecule has 1 fully saturated rings. The molecular formula is C16H17Cl2N5O. The van der Waals surface area contributed by atoms with Crippen LogP contribution in [0.2, 0.25) is 10.3 Å². The summed E-state index contributed by atoms with van der Waals surface area (Å²) in [6.45, 7) is 2.40. The Bertz CT molecular complexity index is 685. The van der Waals surface area contributed by atoms with E-state index in [1.165, 1.54) is 12.1 Å². The minimum atomic E-state index is -0.185. The lowest BCUT2D eigenvalue weighted by Crippen LogP contribution is -2.39. The highest BCUT2D eigenvalue weighted by molar-refractivity contribution is 6.33. The molecule has 0 aliphatic carbocycles. The van der Waals surface area contributed by atoms with Crippen LogP contribution in [-0.4, -0.2) is 40.5 Å². The van der Waals surface area contributed by atoms with Crippen molar-refractivity contribution in [2.24, 2.45) is 5.92 Å². The van der Waals surface area contributed by atoms with Crippen LogP contribution in [0.4, 0.5) is 5.95 Å². The van der Waals surface area contributed by atoms with E-state index in [2.05, 4.69) is 25.2 Å². The molecule has 2 aromatic heterocycles. The second kappa shape index (κ2) is 7.77. The van der Waals surface area contributed by atoms with Crippen LogP contribution in [0.1, 0.15) is 23.2 Å². The van der Waals surface area contributed by atoms with Gasteiger partial charge in [0.15, 0.2) is 0 Å². The number of carbonyl (C=O) groups is 1. The zero-order valence-electron chi connectivity index (χ0n) is 13.0. The van der Waals surface area contributed by atoms with Crippen molar-refractivity contribution in [3.8, 4) is 0 Å². The van der Waals surface area contributed by atoms with E-state index in [-0.39, 0.29) is 16.2 Å². The Kier molecular flexibility index (Phi) is 5.48. The Hall–Kier alpha value is -1.92. The number of hydrogen-bond donors (Lipinski definition) is 1. The Morgan fingerprint density at radius 2 is 1.79 bits per heavy atom. The van der Waals surface area contributed by atoms with E-state index in [1.54, 1.807) is 12.4 Å². The van der Waals surface area contributed by atoms with Crippen LogP contribution in [0.3, 0.4) is 0 Å². The highest BCUT2D eigenvalue weighted by Crippen LogP contribution is 2.20. The largest absolute Gasteiger partial charge is 0.352 e. The molecule has 0 spiro atoms. The van der Waals surface area contributed by atoms with Gasteiger partial charge in [0, 0.05) is 37.6 Å². The number of nitrogens with one attached hydrogen (secondary N) is 1. The lowest BCUT2D eigenvalue weighted by molar-refractivity contribution is 0.0944. The zero-order chi connectivity index (χ0) is 16.9. The molecule has 3 rings (SSSR count). The zero-order valence-corrected chi connectivity index (χ0v) is 14.5. The summed E-state index contributed by atoms with van der Waals surface area (Å²) in [5.41, 5.74) is 0.426. The van der Waals surface area contributed by atoms with Crippen molar-refractivity contribution in [1.82, 2.24) is 20.3 Å². The van der Waals surface area contributed by atoms with Gasteiger partial charge in [0.05, 0.1) is 0 Å².